The molecule has 0 saturated heterocycles. The number of rotatable bonds is 13. The highest BCUT2D eigenvalue weighted by molar-refractivity contribution is 6.05. The lowest BCUT2D eigenvalue weighted by molar-refractivity contribution is -0.144. The zero-order valence-electron chi connectivity index (χ0n) is 19.5. The van der Waals surface area contributed by atoms with Gasteiger partial charge in [0.25, 0.3) is 0 Å². The third-order valence-electron chi connectivity index (χ3n) is 6.07. The second kappa shape index (κ2) is 12.9. The normalized spacial score (nSPS) is 19.9. The van der Waals surface area contributed by atoms with Crippen molar-refractivity contribution in [2.24, 2.45) is 5.92 Å². The van der Waals surface area contributed by atoms with Crippen molar-refractivity contribution in [3.63, 3.8) is 0 Å². The van der Waals surface area contributed by atoms with Gasteiger partial charge in [-0.3, -0.25) is 9.59 Å². The van der Waals surface area contributed by atoms with Crippen LogP contribution in [0, 0.1) is 26.7 Å². The Morgan fingerprint density at radius 2 is 1.68 bits per heavy atom. The summed E-state index contributed by atoms with van der Waals surface area (Å²) in [6.07, 6.45) is 4.17. The minimum Gasteiger partial charge on any atom is -0.480 e. The number of hydrogen-bond donors (Lipinski definition) is 2. The van der Waals surface area contributed by atoms with Crippen LogP contribution in [0.1, 0.15) is 67.2 Å². The van der Waals surface area contributed by atoms with Gasteiger partial charge in [-0.05, 0) is 76.1 Å². The van der Waals surface area contributed by atoms with Crippen molar-refractivity contribution in [1.29, 1.82) is 0 Å². The topological polar surface area (TPSA) is 84.9 Å². The molecule has 1 aromatic rings. The van der Waals surface area contributed by atoms with Gasteiger partial charge in [0, 0.05) is 12.5 Å². The molecule has 0 radical (unpaired) electrons. The van der Waals surface area contributed by atoms with E-state index in [-0.39, 0.29) is 17.8 Å². The first kappa shape index (κ1) is 25.5. The Labute approximate surface area is 186 Å². The van der Waals surface area contributed by atoms with Crippen LogP contribution in [0.4, 0.5) is 0 Å². The van der Waals surface area contributed by atoms with Gasteiger partial charge in [0.1, 0.15) is 5.92 Å². The Bertz CT molecular complexity index is 702. The molecule has 6 nitrogen and oxygen atoms in total. The predicted octanol–water partition coefficient (Wildman–Crippen LogP) is 3.94. The van der Waals surface area contributed by atoms with Crippen LogP contribution in [0.15, 0.2) is 12.1 Å². The number of ketones is 1. The van der Waals surface area contributed by atoms with E-state index in [1.54, 1.807) is 0 Å². The Hall–Kier alpha value is -1.76. The lowest BCUT2D eigenvalue weighted by Crippen LogP contribution is -2.33. The van der Waals surface area contributed by atoms with E-state index < -0.39 is 11.9 Å². The van der Waals surface area contributed by atoms with Crippen molar-refractivity contribution in [3.05, 3.63) is 34.4 Å². The molecule has 0 aliphatic heterocycles. The van der Waals surface area contributed by atoms with Crippen molar-refractivity contribution in [2.45, 2.75) is 71.8 Å². The van der Waals surface area contributed by atoms with Gasteiger partial charge >= 0.3 is 5.97 Å². The maximum atomic E-state index is 13.2. The third-order valence-corrected chi connectivity index (χ3v) is 6.07. The molecule has 1 aliphatic rings. The lowest BCUT2D eigenvalue weighted by Gasteiger charge is -2.30. The van der Waals surface area contributed by atoms with Crippen molar-refractivity contribution in [2.75, 3.05) is 32.9 Å². The number of carbonyl (C=O) groups excluding carboxylic acids is 1. The Morgan fingerprint density at radius 1 is 1.03 bits per heavy atom. The monoisotopic (exact) mass is 433 g/mol. The number of aryl methyl sites for hydroxylation is 3. The van der Waals surface area contributed by atoms with E-state index >= 15 is 0 Å². The number of benzene rings is 1. The van der Waals surface area contributed by atoms with Gasteiger partial charge in [-0.1, -0.05) is 24.6 Å². The van der Waals surface area contributed by atoms with Crippen molar-refractivity contribution in [3.8, 4) is 0 Å². The van der Waals surface area contributed by atoms with E-state index in [1.165, 1.54) is 0 Å². The first-order valence-corrected chi connectivity index (χ1v) is 11.6. The van der Waals surface area contributed by atoms with Gasteiger partial charge in [0.15, 0.2) is 5.78 Å². The molecule has 0 aromatic heterocycles. The van der Waals surface area contributed by atoms with Crippen molar-refractivity contribution in [1.82, 2.24) is 5.32 Å². The first-order chi connectivity index (χ1) is 14.8. The summed E-state index contributed by atoms with van der Waals surface area (Å²) >= 11 is 0. The molecule has 0 spiro atoms. The maximum Gasteiger partial charge on any atom is 0.318 e. The standard InChI is InChI=1S/C25H39NO5/c1-5-10-26-11-12-30-13-14-31-21-8-6-20(7-9-21)24(27)23(25(28)29)22-18(3)15-17(2)16-19(22)4/h15-16,20-21,23,26H,5-14H2,1-4H3,(H,28,29). The Morgan fingerprint density at radius 3 is 2.26 bits per heavy atom. The van der Waals surface area contributed by atoms with Gasteiger partial charge in [-0.25, -0.2) is 0 Å². The number of nitrogens with one attached hydrogen (secondary N) is 1. The van der Waals surface area contributed by atoms with E-state index in [1.807, 2.05) is 32.9 Å². The SMILES string of the molecule is CCCNCCOCCOC1CCC(C(=O)C(C(=O)O)c2c(C)cc(C)cc2C)CC1. The molecular formula is C25H39NO5. The minimum atomic E-state index is -1.09. The molecule has 1 fully saturated rings. The number of carbonyl (C=O) groups is 2. The van der Waals surface area contributed by atoms with Crippen LogP contribution in [0.5, 0.6) is 0 Å². The Balaban J connectivity index is 1.82. The zero-order valence-corrected chi connectivity index (χ0v) is 19.5. The van der Waals surface area contributed by atoms with E-state index in [9.17, 15) is 14.7 Å². The van der Waals surface area contributed by atoms with Crippen LogP contribution in [-0.4, -0.2) is 55.9 Å². The average molecular weight is 434 g/mol. The molecule has 1 saturated carbocycles. The van der Waals surface area contributed by atoms with Gasteiger partial charge in [-0.2, -0.15) is 0 Å². The van der Waals surface area contributed by atoms with Crippen molar-refractivity contribution >= 4 is 11.8 Å². The molecule has 31 heavy (non-hydrogen) atoms. The van der Waals surface area contributed by atoms with Crippen LogP contribution in [0.25, 0.3) is 0 Å². The molecule has 6 heteroatoms. The lowest BCUT2D eigenvalue weighted by atomic mass is 9.76. The number of carboxylic acid groups (broad SMARTS) is 1. The van der Waals surface area contributed by atoms with E-state index in [0.29, 0.717) is 38.2 Å². The largest absolute Gasteiger partial charge is 0.480 e. The predicted molar refractivity (Wildman–Crippen MR) is 122 cm³/mol. The van der Waals surface area contributed by atoms with Gasteiger partial charge < -0.3 is 19.9 Å². The molecule has 1 aromatic carbocycles. The zero-order chi connectivity index (χ0) is 22.8. The highest BCUT2D eigenvalue weighted by atomic mass is 16.5. The summed E-state index contributed by atoms with van der Waals surface area (Å²) in [5.74, 6) is -2.52. The van der Waals surface area contributed by atoms with Crippen molar-refractivity contribution < 1.29 is 24.2 Å². The van der Waals surface area contributed by atoms with Gasteiger partial charge in [0.2, 0.25) is 0 Å². The smallest absolute Gasteiger partial charge is 0.318 e. The summed E-state index contributed by atoms with van der Waals surface area (Å²) < 4.78 is 11.5. The molecule has 2 N–H and O–H groups in total. The summed E-state index contributed by atoms with van der Waals surface area (Å²) in [7, 11) is 0. The molecule has 174 valence electrons. The average Bonchev–Trinajstić information content (AvgIpc) is 2.72. The summed E-state index contributed by atoms with van der Waals surface area (Å²) in [6.45, 7) is 11.6. The number of carboxylic acids is 1. The van der Waals surface area contributed by atoms with Crippen LogP contribution in [0.2, 0.25) is 0 Å². The molecule has 0 heterocycles. The third kappa shape index (κ3) is 7.70. The fraction of sp³-hybridized carbons (Fsp3) is 0.680. The first-order valence-electron chi connectivity index (χ1n) is 11.6. The second-order valence-corrected chi connectivity index (χ2v) is 8.69. The highest BCUT2D eigenvalue weighted by Crippen LogP contribution is 2.34. The quantitative estimate of drug-likeness (QED) is 0.362. The van der Waals surface area contributed by atoms with E-state index in [4.69, 9.17) is 9.47 Å². The molecule has 1 aliphatic carbocycles. The number of hydrogen-bond acceptors (Lipinski definition) is 5. The molecule has 0 bridgehead atoms. The maximum absolute atomic E-state index is 13.2. The fourth-order valence-electron chi connectivity index (χ4n) is 4.61. The summed E-state index contributed by atoms with van der Waals surface area (Å²) in [5, 5.41) is 13.2. The highest BCUT2D eigenvalue weighted by Gasteiger charge is 2.37. The fourth-order valence-corrected chi connectivity index (χ4v) is 4.61. The van der Waals surface area contributed by atoms with E-state index in [0.717, 1.165) is 49.0 Å². The molecule has 1 atom stereocenters. The number of ether oxygens (including phenoxy) is 2. The van der Waals surface area contributed by atoms with Crippen LogP contribution in [0.3, 0.4) is 0 Å². The minimum absolute atomic E-state index is 0.122. The number of Topliss-reactive ketones (excluding diaryl/α,β-unsaturated/α-hetero) is 1. The van der Waals surface area contributed by atoms with Crippen LogP contribution in [-0.2, 0) is 19.1 Å². The number of aliphatic carboxylic acids is 1. The summed E-state index contributed by atoms with van der Waals surface area (Å²) in [4.78, 5) is 25.3. The second-order valence-electron chi connectivity index (χ2n) is 8.69. The molecule has 0 amide bonds. The Kier molecular flexibility index (Phi) is 10.6. The van der Waals surface area contributed by atoms with Gasteiger partial charge in [0.05, 0.1) is 25.9 Å². The summed E-state index contributed by atoms with van der Waals surface area (Å²) in [6, 6.07) is 3.91. The van der Waals surface area contributed by atoms with Crippen LogP contribution >= 0.6 is 0 Å². The summed E-state index contributed by atoms with van der Waals surface area (Å²) in [5.41, 5.74) is 3.49. The molecule has 1 unspecified atom stereocenters. The molecular weight excluding hydrogens is 394 g/mol. The van der Waals surface area contributed by atoms with Gasteiger partial charge in [-0.15, -0.1) is 0 Å². The molecule has 2 rings (SSSR count). The van der Waals surface area contributed by atoms with Crippen LogP contribution < -0.4 is 5.32 Å². The van der Waals surface area contributed by atoms with E-state index in [2.05, 4.69) is 12.2 Å².